The van der Waals surface area contributed by atoms with Crippen LogP contribution in [-0.4, -0.2) is 62.6 Å². The maximum atomic E-state index is 13.6. The zero-order valence-corrected chi connectivity index (χ0v) is 25.6. The predicted molar refractivity (Wildman–Crippen MR) is 160 cm³/mol. The van der Waals surface area contributed by atoms with Crippen molar-refractivity contribution >= 4 is 35.6 Å². The van der Waals surface area contributed by atoms with E-state index in [9.17, 15) is 13.2 Å². The number of amides is 1. The Bertz CT molecular complexity index is 1590. The van der Waals surface area contributed by atoms with E-state index >= 15 is 0 Å². The van der Waals surface area contributed by atoms with Gasteiger partial charge in [-0.05, 0) is 54.6 Å². The molecule has 2 heterocycles. The molecule has 0 fully saturated rings. The lowest BCUT2D eigenvalue weighted by Crippen LogP contribution is -2.35. The molecule has 0 aliphatic carbocycles. The molecule has 2 aromatic heterocycles. The van der Waals surface area contributed by atoms with Crippen molar-refractivity contribution in [1.29, 1.82) is 0 Å². The Hall–Kier alpha value is -4.07. The van der Waals surface area contributed by atoms with Crippen molar-refractivity contribution in [2.45, 2.75) is 30.6 Å². The van der Waals surface area contributed by atoms with Crippen LogP contribution in [0, 0.1) is 0 Å². The maximum absolute atomic E-state index is 13.6. The van der Waals surface area contributed by atoms with E-state index in [0.29, 0.717) is 29.4 Å². The molecule has 0 radical (unpaired) electrons. The molecule has 1 N–H and O–H groups in total. The number of aromatic nitrogens is 4. The number of para-hydroxylation sites is 1. The van der Waals surface area contributed by atoms with Gasteiger partial charge in [0.1, 0.15) is 18.2 Å². The Morgan fingerprint density at radius 1 is 1.02 bits per heavy atom. The first-order chi connectivity index (χ1) is 19.5. The summed E-state index contributed by atoms with van der Waals surface area (Å²) in [6, 6.07) is 17.5. The number of anilines is 2. The lowest BCUT2D eigenvalue weighted by molar-refractivity contribution is 0.101. The average molecular weight is 595 g/mol. The molecule has 0 aliphatic heterocycles. The Balaban J connectivity index is 1.50. The molecule has 11 nitrogen and oxygen atoms in total. The second-order valence-electron chi connectivity index (χ2n) is 10.5. The van der Waals surface area contributed by atoms with Gasteiger partial charge in [-0.15, -0.1) is 0 Å². The van der Waals surface area contributed by atoms with Gasteiger partial charge in [-0.2, -0.15) is 5.10 Å². The highest BCUT2D eigenvalue weighted by atomic mass is 32.2. The summed E-state index contributed by atoms with van der Waals surface area (Å²) in [6.07, 6.45) is 2.95. The Kier molecular flexibility index (Phi) is 9.20. The Morgan fingerprint density at radius 2 is 1.71 bits per heavy atom. The van der Waals surface area contributed by atoms with Crippen LogP contribution in [0.15, 0.2) is 78.0 Å². The SMILES string of the molecule is COc1ccccc1-c1cc(C(=O)Nc2ccc(S(=O)(=O)N(COCC[Si](C)(C)C)c3ncccn3)cc2)n(C)n1. The van der Waals surface area contributed by atoms with E-state index in [2.05, 4.69) is 40.0 Å². The molecule has 0 saturated carbocycles. The number of aryl methyl sites for hydroxylation is 1. The molecule has 13 heteroatoms. The average Bonchev–Trinajstić information content (AvgIpc) is 3.34. The third-order valence-electron chi connectivity index (χ3n) is 6.18. The minimum Gasteiger partial charge on any atom is -0.496 e. The first-order valence-electron chi connectivity index (χ1n) is 13.0. The van der Waals surface area contributed by atoms with Crippen LogP contribution >= 0.6 is 0 Å². The van der Waals surface area contributed by atoms with Gasteiger partial charge >= 0.3 is 0 Å². The number of methoxy groups -OCH3 is 1. The molecule has 41 heavy (non-hydrogen) atoms. The van der Waals surface area contributed by atoms with Crippen LogP contribution in [0.2, 0.25) is 25.7 Å². The Morgan fingerprint density at radius 3 is 2.37 bits per heavy atom. The minimum absolute atomic E-state index is 0.00995. The van der Waals surface area contributed by atoms with E-state index in [4.69, 9.17) is 9.47 Å². The fourth-order valence-corrected chi connectivity index (χ4v) is 5.89. The van der Waals surface area contributed by atoms with Crippen molar-refractivity contribution in [3.8, 4) is 17.0 Å². The van der Waals surface area contributed by atoms with Gasteiger partial charge in [0.25, 0.3) is 15.9 Å². The van der Waals surface area contributed by atoms with Crippen LogP contribution in [0.4, 0.5) is 11.6 Å². The highest BCUT2D eigenvalue weighted by molar-refractivity contribution is 7.92. The quantitative estimate of drug-likeness (QED) is 0.143. The molecule has 216 valence electrons. The number of hydrogen-bond acceptors (Lipinski definition) is 8. The number of benzene rings is 2. The smallest absolute Gasteiger partial charge is 0.273 e. The van der Waals surface area contributed by atoms with Crippen LogP contribution in [0.1, 0.15) is 10.5 Å². The molecule has 0 unspecified atom stereocenters. The molecule has 2 aromatic carbocycles. The maximum Gasteiger partial charge on any atom is 0.273 e. The zero-order valence-electron chi connectivity index (χ0n) is 23.7. The predicted octanol–water partition coefficient (Wildman–Crippen LogP) is 4.65. The molecular formula is C28H34N6O5SSi. The normalized spacial score (nSPS) is 11.7. The van der Waals surface area contributed by atoms with Crippen molar-refractivity contribution < 1.29 is 22.7 Å². The van der Waals surface area contributed by atoms with Gasteiger partial charge in [0.15, 0.2) is 0 Å². The van der Waals surface area contributed by atoms with Crippen LogP contribution in [0.5, 0.6) is 5.75 Å². The fourth-order valence-electron chi connectivity index (χ4n) is 3.88. The van der Waals surface area contributed by atoms with Gasteiger partial charge < -0.3 is 14.8 Å². The van der Waals surface area contributed by atoms with Crippen molar-refractivity contribution in [3.05, 3.63) is 78.8 Å². The summed E-state index contributed by atoms with van der Waals surface area (Å²) in [5, 5.41) is 7.26. The van der Waals surface area contributed by atoms with Crippen LogP contribution in [0.3, 0.4) is 0 Å². The number of nitrogens with one attached hydrogen (secondary N) is 1. The number of rotatable bonds is 12. The lowest BCUT2D eigenvalue weighted by Gasteiger charge is -2.23. The van der Waals surface area contributed by atoms with Crippen molar-refractivity contribution in [2.24, 2.45) is 7.05 Å². The van der Waals surface area contributed by atoms with Crippen molar-refractivity contribution in [3.63, 3.8) is 0 Å². The Labute approximate surface area is 241 Å². The van der Waals surface area contributed by atoms with Gasteiger partial charge in [0, 0.05) is 45.4 Å². The monoisotopic (exact) mass is 594 g/mol. The molecule has 0 bridgehead atoms. The molecule has 1 amide bonds. The van der Waals surface area contributed by atoms with Gasteiger partial charge in [0.2, 0.25) is 5.95 Å². The van der Waals surface area contributed by atoms with Crippen molar-refractivity contribution in [2.75, 3.05) is 30.1 Å². The van der Waals surface area contributed by atoms with E-state index in [1.165, 1.54) is 41.3 Å². The highest BCUT2D eigenvalue weighted by Gasteiger charge is 2.28. The summed E-state index contributed by atoms with van der Waals surface area (Å²) < 4.78 is 40.8. The third kappa shape index (κ3) is 7.37. The number of carbonyl (C=O) groups is 1. The first kappa shape index (κ1) is 29.9. The standard InChI is InChI=1S/C28H34N6O5SSi/c1-33-25(19-24(32-33)23-9-6-7-10-26(23)38-2)27(35)31-21-11-13-22(14-12-21)40(36,37)34(28-29-15-8-16-30-28)20-39-17-18-41(3,4)5/h6-16,19H,17-18,20H2,1-5H3,(H,31,35). The number of ether oxygens (including phenoxy) is 2. The minimum atomic E-state index is -4.05. The summed E-state index contributed by atoms with van der Waals surface area (Å²) in [5.41, 5.74) is 2.09. The van der Waals surface area contributed by atoms with E-state index in [0.717, 1.165) is 15.9 Å². The molecule has 0 atom stereocenters. The molecule has 0 saturated heterocycles. The van der Waals surface area contributed by atoms with E-state index in [1.807, 2.05) is 24.3 Å². The summed E-state index contributed by atoms with van der Waals surface area (Å²) in [6.45, 7) is 6.88. The van der Waals surface area contributed by atoms with Crippen LogP contribution in [-0.2, 0) is 21.8 Å². The van der Waals surface area contributed by atoms with Crippen molar-refractivity contribution in [1.82, 2.24) is 19.7 Å². The van der Waals surface area contributed by atoms with Gasteiger partial charge in [-0.1, -0.05) is 31.8 Å². The second kappa shape index (κ2) is 12.6. The summed E-state index contributed by atoms with van der Waals surface area (Å²) in [5.74, 6) is 0.262. The summed E-state index contributed by atoms with van der Waals surface area (Å²) in [4.78, 5) is 21.3. The second-order valence-corrected chi connectivity index (χ2v) is 18.0. The number of nitrogens with zero attached hydrogens (tertiary/aromatic N) is 5. The summed E-state index contributed by atoms with van der Waals surface area (Å²) >= 11 is 0. The topological polar surface area (TPSA) is 129 Å². The van der Waals surface area contributed by atoms with E-state index in [1.54, 1.807) is 26.3 Å². The zero-order chi connectivity index (χ0) is 29.6. The van der Waals surface area contributed by atoms with Gasteiger partial charge in [0.05, 0.1) is 17.7 Å². The summed E-state index contributed by atoms with van der Waals surface area (Å²) in [7, 11) is -2.16. The van der Waals surface area contributed by atoms with Gasteiger partial charge in [-0.3, -0.25) is 9.48 Å². The lowest BCUT2D eigenvalue weighted by atomic mass is 10.1. The highest BCUT2D eigenvalue weighted by Crippen LogP contribution is 2.29. The van der Waals surface area contributed by atoms with E-state index in [-0.39, 0.29) is 17.6 Å². The molecule has 0 aliphatic rings. The number of sulfonamides is 1. The molecule has 0 spiro atoms. The molecular weight excluding hydrogens is 560 g/mol. The molecule has 4 rings (SSSR count). The largest absolute Gasteiger partial charge is 0.496 e. The fraction of sp³-hybridized carbons (Fsp3) is 0.286. The number of carbonyl (C=O) groups excluding carboxylic acids is 1. The molecule has 4 aromatic rings. The van der Waals surface area contributed by atoms with Gasteiger partial charge in [-0.25, -0.2) is 22.7 Å². The number of hydrogen-bond donors (Lipinski definition) is 1. The third-order valence-corrected chi connectivity index (χ3v) is 9.60. The first-order valence-corrected chi connectivity index (χ1v) is 18.1. The van der Waals surface area contributed by atoms with Crippen LogP contribution < -0.4 is 14.4 Å². The van der Waals surface area contributed by atoms with E-state index < -0.39 is 24.0 Å². The van der Waals surface area contributed by atoms with Crippen LogP contribution in [0.25, 0.3) is 11.3 Å².